The molecule has 2 saturated heterocycles. The number of ether oxygens (including phenoxy) is 2. The molecule has 0 aromatic rings. The van der Waals surface area contributed by atoms with Crippen molar-refractivity contribution in [3.05, 3.63) is 0 Å². The topological polar surface area (TPSA) is 21.8 Å². The zero-order valence-corrected chi connectivity index (χ0v) is 9.92. The van der Waals surface area contributed by atoms with Crippen LogP contribution in [0.5, 0.6) is 0 Å². The molecule has 0 aromatic heterocycles. The fraction of sp³-hybridized carbons (Fsp3) is 1.00. The largest absolute Gasteiger partial charge is 0.369 e. The molecule has 3 unspecified atom stereocenters. The Morgan fingerprint density at radius 1 is 1.27 bits per heavy atom. The second kappa shape index (κ2) is 3.21. The summed E-state index contributed by atoms with van der Waals surface area (Å²) < 4.78 is 12.2. The molecule has 15 heavy (non-hydrogen) atoms. The lowest BCUT2D eigenvalue weighted by molar-refractivity contribution is -0.209. The maximum Gasteiger partial charge on any atom is 0.121 e. The normalized spacial score (nSPS) is 54.0. The fourth-order valence-corrected chi connectivity index (χ4v) is 4.06. The van der Waals surface area contributed by atoms with Gasteiger partial charge in [0, 0.05) is 0 Å². The molecule has 0 bridgehead atoms. The van der Waals surface area contributed by atoms with Crippen molar-refractivity contribution in [3.8, 4) is 0 Å². The maximum atomic E-state index is 6.38. The van der Waals surface area contributed by atoms with Crippen LogP contribution in [0.3, 0.4) is 0 Å². The Kier molecular flexibility index (Phi) is 2.16. The standard InChI is InChI=1S/C13H22O2/c1-3-13-11(7-6-10(2)15-13)5-4-8-12(13)9-14-12/h10-11H,3-9H2,1-2H3/t10-,11?,12?,13?/m1/s1. The predicted molar refractivity (Wildman–Crippen MR) is 58.8 cm³/mol. The smallest absolute Gasteiger partial charge is 0.121 e. The van der Waals surface area contributed by atoms with Crippen molar-refractivity contribution in [1.29, 1.82) is 0 Å². The Hall–Kier alpha value is -0.0800. The highest BCUT2D eigenvalue weighted by Gasteiger charge is 2.67. The van der Waals surface area contributed by atoms with Crippen LogP contribution in [0.1, 0.15) is 52.4 Å². The zero-order chi connectivity index (χ0) is 10.5. The first kappa shape index (κ1) is 10.1. The molecule has 2 heterocycles. The molecule has 0 amide bonds. The summed E-state index contributed by atoms with van der Waals surface area (Å²) in [7, 11) is 0. The molecule has 2 heteroatoms. The van der Waals surface area contributed by atoms with Gasteiger partial charge in [0.2, 0.25) is 0 Å². The molecule has 3 aliphatic rings. The highest BCUT2D eigenvalue weighted by molar-refractivity contribution is 5.16. The summed E-state index contributed by atoms with van der Waals surface area (Å²) in [5, 5.41) is 0. The van der Waals surface area contributed by atoms with Gasteiger partial charge in [-0.15, -0.1) is 0 Å². The first-order valence-corrected chi connectivity index (χ1v) is 6.54. The van der Waals surface area contributed by atoms with E-state index in [1.165, 1.54) is 32.1 Å². The molecule has 0 radical (unpaired) electrons. The van der Waals surface area contributed by atoms with Gasteiger partial charge in [0.25, 0.3) is 0 Å². The number of epoxide rings is 1. The van der Waals surface area contributed by atoms with E-state index in [2.05, 4.69) is 13.8 Å². The Balaban J connectivity index is 1.93. The third kappa shape index (κ3) is 1.24. The molecule has 3 fully saturated rings. The van der Waals surface area contributed by atoms with Crippen LogP contribution in [0, 0.1) is 5.92 Å². The summed E-state index contributed by atoms with van der Waals surface area (Å²) in [6.07, 6.45) is 8.06. The summed E-state index contributed by atoms with van der Waals surface area (Å²) in [6.45, 7) is 5.45. The lowest BCUT2D eigenvalue weighted by atomic mass is 9.63. The predicted octanol–water partition coefficient (Wildman–Crippen LogP) is 2.90. The summed E-state index contributed by atoms with van der Waals surface area (Å²) in [6, 6.07) is 0. The first-order chi connectivity index (χ1) is 7.22. The third-order valence-corrected chi connectivity index (χ3v) is 4.92. The molecule has 1 aliphatic carbocycles. The second-order valence-electron chi connectivity index (χ2n) is 5.62. The second-order valence-corrected chi connectivity index (χ2v) is 5.62. The SMILES string of the molecule is CCC12O[C@H](C)CCC1CCCC21CO1. The van der Waals surface area contributed by atoms with E-state index in [9.17, 15) is 0 Å². The minimum absolute atomic E-state index is 0.0723. The quantitative estimate of drug-likeness (QED) is 0.621. The molecule has 1 saturated carbocycles. The van der Waals surface area contributed by atoms with Crippen LogP contribution in [0.15, 0.2) is 0 Å². The zero-order valence-electron chi connectivity index (χ0n) is 9.92. The van der Waals surface area contributed by atoms with E-state index in [-0.39, 0.29) is 11.2 Å². The van der Waals surface area contributed by atoms with Crippen LogP contribution in [0.25, 0.3) is 0 Å². The average molecular weight is 210 g/mol. The van der Waals surface area contributed by atoms with E-state index >= 15 is 0 Å². The summed E-state index contributed by atoms with van der Waals surface area (Å²) in [5.41, 5.74) is 0.197. The van der Waals surface area contributed by atoms with E-state index in [4.69, 9.17) is 9.47 Å². The molecule has 0 N–H and O–H groups in total. The Labute approximate surface area is 92.3 Å². The van der Waals surface area contributed by atoms with Crippen LogP contribution in [-0.4, -0.2) is 23.9 Å². The van der Waals surface area contributed by atoms with Gasteiger partial charge in [-0.3, -0.25) is 0 Å². The van der Waals surface area contributed by atoms with Gasteiger partial charge >= 0.3 is 0 Å². The molecule has 0 aromatic carbocycles. The van der Waals surface area contributed by atoms with Gasteiger partial charge in [-0.2, -0.15) is 0 Å². The first-order valence-electron chi connectivity index (χ1n) is 6.54. The molecule has 86 valence electrons. The van der Waals surface area contributed by atoms with Crippen LogP contribution in [0.2, 0.25) is 0 Å². The van der Waals surface area contributed by atoms with Crippen molar-refractivity contribution >= 4 is 0 Å². The van der Waals surface area contributed by atoms with Gasteiger partial charge in [0.15, 0.2) is 0 Å². The van der Waals surface area contributed by atoms with Gasteiger partial charge in [0.05, 0.1) is 12.7 Å². The summed E-state index contributed by atoms with van der Waals surface area (Å²) in [4.78, 5) is 0. The molecule has 3 rings (SSSR count). The molecular weight excluding hydrogens is 188 g/mol. The van der Waals surface area contributed by atoms with Crippen LogP contribution >= 0.6 is 0 Å². The minimum atomic E-state index is 0.0723. The Morgan fingerprint density at radius 3 is 2.73 bits per heavy atom. The van der Waals surface area contributed by atoms with Gasteiger partial charge in [-0.25, -0.2) is 0 Å². The van der Waals surface area contributed by atoms with Crippen molar-refractivity contribution < 1.29 is 9.47 Å². The summed E-state index contributed by atoms with van der Waals surface area (Å²) >= 11 is 0. The Bertz CT molecular complexity index is 259. The van der Waals surface area contributed by atoms with E-state index in [0.29, 0.717) is 6.10 Å². The van der Waals surface area contributed by atoms with Crippen LogP contribution in [-0.2, 0) is 9.47 Å². The lowest BCUT2D eigenvalue weighted by Crippen LogP contribution is -2.59. The van der Waals surface area contributed by atoms with Crippen molar-refractivity contribution in [2.45, 2.75) is 69.7 Å². The maximum absolute atomic E-state index is 6.38. The summed E-state index contributed by atoms with van der Waals surface area (Å²) in [5.74, 6) is 0.759. The monoisotopic (exact) mass is 210 g/mol. The highest BCUT2D eigenvalue weighted by atomic mass is 16.6. The van der Waals surface area contributed by atoms with E-state index in [1.807, 2.05) is 0 Å². The van der Waals surface area contributed by atoms with Crippen molar-refractivity contribution in [3.63, 3.8) is 0 Å². The van der Waals surface area contributed by atoms with Gasteiger partial charge in [-0.05, 0) is 51.4 Å². The lowest BCUT2D eigenvalue weighted by Gasteiger charge is -2.52. The molecule has 4 atom stereocenters. The Morgan fingerprint density at radius 2 is 2.07 bits per heavy atom. The molecule has 1 spiro atoms. The van der Waals surface area contributed by atoms with E-state index in [1.54, 1.807) is 0 Å². The van der Waals surface area contributed by atoms with Gasteiger partial charge < -0.3 is 9.47 Å². The molecular formula is C13H22O2. The van der Waals surface area contributed by atoms with Crippen LogP contribution in [0.4, 0.5) is 0 Å². The van der Waals surface area contributed by atoms with Crippen LogP contribution < -0.4 is 0 Å². The van der Waals surface area contributed by atoms with Gasteiger partial charge in [0.1, 0.15) is 11.2 Å². The number of hydrogen-bond donors (Lipinski definition) is 0. The number of hydrogen-bond acceptors (Lipinski definition) is 2. The average Bonchev–Trinajstić information content (AvgIpc) is 3.01. The highest BCUT2D eigenvalue weighted by Crippen LogP contribution is 2.58. The van der Waals surface area contributed by atoms with Crippen molar-refractivity contribution in [2.75, 3.05) is 6.61 Å². The van der Waals surface area contributed by atoms with E-state index < -0.39 is 0 Å². The number of rotatable bonds is 1. The number of fused-ring (bicyclic) bond motifs is 2. The van der Waals surface area contributed by atoms with Crippen molar-refractivity contribution in [1.82, 2.24) is 0 Å². The van der Waals surface area contributed by atoms with Gasteiger partial charge in [-0.1, -0.05) is 6.92 Å². The fourth-order valence-electron chi connectivity index (χ4n) is 4.06. The molecule has 2 nitrogen and oxygen atoms in total. The minimum Gasteiger partial charge on any atom is -0.369 e. The van der Waals surface area contributed by atoms with E-state index in [0.717, 1.165) is 18.9 Å². The molecule has 2 aliphatic heterocycles. The third-order valence-electron chi connectivity index (χ3n) is 4.92. The van der Waals surface area contributed by atoms with Crippen molar-refractivity contribution in [2.24, 2.45) is 5.92 Å².